The second-order valence-corrected chi connectivity index (χ2v) is 7.50. The van der Waals surface area contributed by atoms with Crippen molar-refractivity contribution in [2.24, 2.45) is 17.8 Å². The monoisotopic (exact) mass is 275 g/mol. The summed E-state index contributed by atoms with van der Waals surface area (Å²) in [5.41, 5.74) is 0. The van der Waals surface area contributed by atoms with Crippen LogP contribution < -0.4 is 5.32 Å². The minimum Gasteiger partial charge on any atom is -0.481 e. The first-order chi connectivity index (χ1) is 8.28. The highest BCUT2D eigenvalue weighted by molar-refractivity contribution is 7.91. The number of aliphatic carboxylic acids is 1. The Morgan fingerprint density at radius 2 is 1.89 bits per heavy atom. The number of carbonyl (C=O) groups is 2. The van der Waals surface area contributed by atoms with Gasteiger partial charge < -0.3 is 10.4 Å². The molecule has 102 valence electrons. The van der Waals surface area contributed by atoms with Crippen molar-refractivity contribution in [2.45, 2.75) is 25.3 Å². The van der Waals surface area contributed by atoms with E-state index in [1.165, 1.54) is 0 Å². The van der Waals surface area contributed by atoms with Gasteiger partial charge in [0.05, 0.1) is 5.92 Å². The molecule has 7 heteroatoms. The van der Waals surface area contributed by atoms with E-state index in [9.17, 15) is 23.1 Å². The van der Waals surface area contributed by atoms with E-state index in [1.54, 1.807) is 0 Å². The van der Waals surface area contributed by atoms with E-state index in [0.29, 0.717) is 0 Å². The maximum absolute atomic E-state index is 11.6. The molecule has 6 nitrogen and oxygen atoms in total. The molecule has 2 aliphatic carbocycles. The largest absolute Gasteiger partial charge is 0.481 e. The summed E-state index contributed by atoms with van der Waals surface area (Å²) >= 11 is 0. The number of carboxylic acids is 1. The predicted molar refractivity (Wildman–Crippen MR) is 63.6 cm³/mol. The lowest BCUT2D eigenvalue weighted by Crippen LogP contribution is -2.48. The molecule has 2 rings (SSSR count). The first kappa shape index (κ1) is 13.3. The van der Waals surface area contributed by atoms with E-state index in [0.717, 1.165) is 25.5 Å². The van der Waals surface area contributed by atoms with Gasteiger partial charge >= 0.3 is 5.97 Å². The molecular formula is C11H17NO5S. The van der Waals surface area contributed by atoms with Gasteiger partial charge in [-0.2, -0.15) is 0 Å². The lowest BCUT2D eigenvalue weighted by molar-refractivity contribution is -0.144. The van der Waals surface area contributed by atoms with E-state index in [2.05, 4.69) is 5.32 Å². The SMILES string of the molecule is CS(=O)(=O)CC(=O)NC1C2CCC(C2)C1C(=O)O. The summed E-state index contributed by atoms with van der Waals surface area (Å²) in [6.45, 7) is 0. The molecule has 0 heterocycles. The van der Waals surface area contributed by atoms with Crippen LogP contribution in [0.25, 0.3) is 0 Å². The lowest BCUT2D eigenvalue weighted by atomic mass is 9.84. The zero-order chi connectivity index (χ0) is 13.5. The molecule has 2 bridgehead atoms. The van der Waals surface area contributed by atoms with Crippen LogP contribution in [0.15, 0.2) is 0 Å². The van der Waals surface area contributed by atoms with Gasteiger partial charge in [0.25, 0.3) is 0 Å². The van der Waals surface area contributed by atoms with Crippen molar-refractivity contribution in [1.29, 1.82) is 0 Å². The third-order valence-corrected chi connectivity index (χ3v) is 4.71. The Morgan fingerprint density at radius 3 is 2.44 bits per heavy atom. The van der Waals surface area contributed by atoms with Crippen LogP contribution in [0.1, 0.15) is 19.3 Å². The van der Waals surface area contributed by atoms with E-state index < -0.39 is 39.4 Å². The third kappa shape index (κ3) is 2.66. The Labute approximate surface area is 106 Å². The maximum Gasteiger partial charge on any atom is 0.308 e. The fraction of sp³-hybridized carbons (Fsp3) is 0.818. The number of carbonyl (C=O) groups excluding carboxylic acids is 1. The standard InChI is InChI=1S/C11H17NO5S/c1-18(16,17)5-8(13)12-10-7-3-2-6(4-7)9(10)11(14)15/h6-7,9-10H,2-5H2,1H3,(H,12,13)(H,14,15). The van der Waals surface area contributed by atoms with Crippen molar-refractivity contribution in [3.8, 4) is 0 Å². The first-order valence-electron chi connectivity index (χ1n) is 5.98. The molecule has 1 amide bonds. The quantitative estimate of drug-likeness (QED) is 0.730. The van der Waals surface area contributed by atoms with Crippen LogP contribution in [-0.2, 0) is 19.4 Å². The summed E-state index contributed by atoms with van der Waals surface area (Å²) in [7, 11) is -3.38. The Bertz CT molecular complexity index is 472. The van der Waals surface area contributed by atoms with Gasteiger partial charge in [0, 0.05) is 12.3 Å². The van der Waals surface area contributed by atoms with Gasteiger partial charge in [-0.15, -0.1) is 0 Å². The Hall–Kier alpha value is -1.11. The highest BCUT2D eigenvalue weighted by Gasteiger charge is 2.51. The van der Waals surface area contributed by atoms with Gasteiger partial charge in [0.15, 0.2) is 9.84 Å². The van der Waals surface area contributed by atoms with Crippen LogP contribution in [-0.4, -0.2) is 43.5 Å². The molecule has 0 aromatic carbocycles. The minimum absolute atomic E-state index is 0.121. The third-order valence-electron chi connectivity index (χ3n) is 3.92. The van der Waals surface area contributed by atoms with Crippen LogP contribution in [0.4, 0.5) is 0 Å². The molecule has 0 aromatic rings. The molecule has 4 unspecified atom stereocenters. The topological polar surface area (TPSA) is 101 Å². The summed E-state index contributed by atoms with van der Waals surface area (Å²) in [5.74, 6) is -2.33. The fourth-order valence-electron chi connectivity index (χ4n) is 3.32. The molecule has 18 heavy (non-hydrogen) atoms. The van der Waals surface area contributed by atoms with Gasteiger partial charge in [0.1, 0.15) is 5.75 Å². The molecule has 2 N–H and O–H groups in total. The van der Waals surface area contributed by atoms with E-state index >= 15 is 0 Å². The normalized spacial score (nSPS) is 34.5. The molecule has 0 aliphatic heterocycles. The van der Waals surface area contributed by atoms with Gasteiger partial charge in [-0.05, 0) is 31.1 Å². The average Bonchev–Trinajstić information content (AvgIpc) is 2.73. The summed E-state index contributed by atoms with van der Waals surface area (Å²) in [5, 5.41) is 11.8. The maximum atomic E-state index is 11.6. The number of hydrogen-bond acceptors (Lipinski definition) is 4. The van der Waals surface area contributed by atoms with Crippen molar-refractivity contribution in [3.63, 3.8) is 0 Å². The molecule has 2 fully saturated rings. The second-order valence-electron chi connectivity index (χ2n) is 5.36. The zero-order valence-electron chi connectivity index (χ0n) is 10.1. The van der Waals surface area contributed by atoms with Crippen LogP contribution in [0.3, 0.4) is 0 Å². The van der Waals surface area contributed by atoms with E-state index in [1.807, 2.05) is 0 Å². The molecule has 0 radical (unpaired) electrons. The van der Waals surface area contributed by atoms with Gasteiger partial charge in [-0.1, -0.05) is 0 Å². The minimum atomic E-state index is -3.38. The number of sulfone groups is 1. The summed E-state index contributed by atoms with van der Waals surface area (Å²) in [6, 6.07) is -0.407. The number of fused-ring (bicyclic) bond motifs is 2. The number of carboxylic acid groups (broad SMARTS) is 1. The van der Waals surface area contributed by atoms with Crippen LogP contribution >= 0.6 is 0 Å². The Morgan fingerprint density at radius 1 is 1.28 bits per heavy atom. The highest BCUT2D eigenvalue weighted by Crippen LogP contribution is 2.48. The van der Waals surface area contributed by atoms with E-state index in [4.69, 9.17) is 0 Å². The van der Waals surface area contributed by atoms with E-state index in [-0.39, 0.29) is 11.8 Å². The van der Waals surface area contributed by atoms with Crippen molar-refractivity contribution in [1.82, 2.24) is 5.32 Å². The summed E-state index contributed by atoms with van der Waals surface area (Å²) in [4.78, 5) is 22.8. The number of rotatable bonds is 4. The lowest BCUT2D eigenvalue weighted by Gasteiger charge is -2.28. The Kier molecular flexibility index (Phi) is 3.35. The average molecular weight is 275 g/mol. The fourth-order valence-corrected chi connectivity index (χ4v) is 3.88. The van der Waals surface area contributed by atoms with Crippen molar-refractivity contribution >= 4 is 21.7 Å². The molecule has 0 aromatic heterocycles. The highest BCUT2D eigenvalue weighted by atomic mass is 32.2. The zero-order valence-corrected chi connectivity index (χ0v) is 10.9. The second kappa shape index (κ2) is 4.53. The summed E-state index contributed by atoms with van der Waals surface area (Å²) in [6.07, 6.45) is 3.61. The molecule has 2 aliphatic rings. The van der Waals surface area contributed by atoms with Gasteiger partial charge in [0.2, 0.25) is 5.91 Å². The van der Waals surface area contributed by atoms with Crippen LogP contribution in [0.2, 0.25) is 0 Å². The molecule has 4 atom stereocenters. The molecule has 0 spiro atoms. The van der Waals surface area contributed by atoms with Crippen molar-refractivity contribution in [2.75, 3.05) is 12.0 Å². The first-order valence-corrected chi connectivity index (χ1v) is 8.04. The van der Waals surface area contributed by atoms with Crippen LogP contribution in [0, 0.1) is 17.8 Å². The van der Waals surface area contributed by atoms with Crippen molar-refractivity contribution in [3.05, 3.63) is 0 Å². The van der Waals surface area contributed by atoms with Crippen molar-refractivity contribution < 1.29 is 23.1 Å². The van der Waals surface area contributed by atoms with Crippen LogP contribution in [0.5, 0.6) is 0 Å². The molecule has 0 saturated heterocycles. The smallest absolute Gasteiger partial charge is 0.308 e. The molecule has 2 saturated carbocycles. The predicted octanol–water partition coefficient (Wildman–Crippen LogP) is -0.353. The number of hydrogen-bond donors (Lipinski definition) is 2. The molecular weight excluding hydrogens is 258 g/mol. The summed E-state index contributed by atoms with van der Waals surface area (Å²) < 4.78 is 22.0. The number of amides is 1. The van der Waals surface area contributed by atoms with Gasteiger partial charge in [-0.3, -0.25) is 9.59 Å². The Balaban J connectivity index is 2.04. The van der Waals surface area contributed by atoms with Gasteiger partial charge in [-0.25, -0.2) is 8.42 Å². The number of nitrogens with one attached hydrogen (secondary N) is 1.